The maximum absolute atomic E-state index is 2.69. The second-order valence-corrected chi connectivity index (χ2v) is 7.98. The van der Waals surface area contributed by atoms with Gasteiger partial charge < -0.3 is 0 Å². The average Bonchev–Trinajstić information content (AvgIpc) is 3.18. The number of hydrogen-bond donors (Lipinski definition) is 0. The fourth-order valence-corrected chi connectivity index (χ4v) is 7.48. The van der Waals surface area contributed by atoms with Gasteiger partial charge in [0.1, 0.15) is 0 Å². The van der Waals surface area contributed by atoms with Crippen LogP contribution in [0.15, 0.2) is 12.2 Å². The molecule has 0 amide bonds. The molecule has 0 aliphatic heterocycles. The third-order valence-corrected chi connectivity index (χ3v) is 7.67. The Morgan fingerprint density at radius 2 is 1.68 bits per heavy atom. The first-order chi connectivity index (χ1) is 9.29. The van der Waals surface area contributed by atoms with Crippen LogP contribution in [0.1, 0.15) is 59.3 Å². The molecule has 0 N–H and O–H groups in total. The van der Waals surface area contributed by atoms with Crippen LogP contribution in [0, 0.1) is 46.8 Å². The van der Waals surface area contributed by atoms with Gasteiger partial charge in [0.25, 0.3) is 0 Å². The van der Waals surface area contributed by atoms with Crippen LogP contribution in [0.2, 0.25) is 0 Å². The van der Waals surface area contributed by atoms with E-state index in [9.17, 15) is 0 Å². The van der Waals surface area contributed by atoms with E-state index in [4.69, 9.17) is 0 Å². The molecule has 0 heterocycles. The van der Waals surface area contributed by atoms with E-state index < -0.39 is 0 Å². The molecule has 0 spiro atoms. The van der Waals surface area contributed by atoms with Crippen LogP contribution >= 0.6 is 0 Å². The lowest BCUT2D eigenvalue weighted by molar-refractivity contribution is 0.00204. The van der Waals surface area contributed by atoms with Crippen molar-refractivity contribution in [2.75, 3.05) is 0 Å². The Morgan fingerprint density at radius 1 is 0.947 bits per heavy atom. The SMILES string of the molecule is CC.CC12CC(C3CCCCC31)C1C3C=CC(C3)C12. The predicted molar refractivity (Wildman–Crippen MR) is 80.7 cm³/mol. The van der Waals surface area contributed by atoms with E-state index in [0.717, 1.165) is 46.8 Å². The van der Waals surface area contributed by atoms with Crippen molar-refractivity contribution in [3.05, 3.63) is 12.2 Å². The summed E-state index contributed by atoms with van der Waals surface area (Å²) in [7, 11) is 0. The first kappa shape index (κ1) is 12.5. The molecule has 5 aliphatic rings. The van der Waals surface area contributed by atoms with Gasteiger partial charge in [-0.3, -0.25) is 0 Å². The fourth-order valence-electron chi connectivity index (χ4n) is 7.48. The largest absolute Gasteiger partial charge is 0.0848 e. The zero-order valence-electron chi connectivity index (χ0n) is 12.9. The summed E-state index contributed by atoms with van der Waals surface area (Å²) in [4.78, 5) is 0. The first-order valence-electron chi connectivity index (χ1n) is 8.97. The molecule has 5 aliphatic carbocycles. The van der Waals surface area contributed by atoms with Gasteiger partial charge in [0.05, 0.1) is 0 Å². The highest BCUT2D eigenvalue weighted by molar-refractivity contribution is 5.25. The fraction of sp³-hybridized carbons (Fsp3) is 0.895. The highest BCUT2D eigenvalue weighted by atomic mass is 14.7. The molecule has 0 nitrogen and oxygen atoms in total. The van der Waals surface area contributed by atoms with E-state index in [0.29, 0.717) is 0 Å². The Hall–Kier alpha value is -0.260. The van der Waals surface area contributed by atoms with Crippen LogP contribution in [0.4, 0.5) is 0 Å². The van der Waals surface area contributed by atoms with Crippen LogP contribution in [0.3, 0.4) is 0 Å². The van der Waals surface area contributed by atoms with Crippen molar-refractivity contribution >= 4 is 0 Å². The minimum Gasteiger partial charge on any atom is -0.0848 e. The number of allylic oxidation sites excluding steroid dienone is 2. The van der Waals surface area contributed by atoms with Gasteiger partial charge in [0, 0.05) is 0 Å². The van der Waals surface area contributed by atoms with Gasteiger partial charge in [-0.15, -0.1) is 0 Å². The maximum Gasteiger partial charge on any atom is -0.0191 e. The summed E-state index contributed by atoms with van der Waals surface area (Å²) in [5.41, 5.74) is 0.755. The van der Waals surface area contributed by atoms with Crippen LogP contribution in [0.25, 0.3) is 0 Å². The number of hydrogen-bond acceptors (Lipinski definition) is 0. The summed E-state index contributed by atoms with van der Waals surface area (Å²) >= 11 is 0. The van der Waals surface area contributed by atoms with Gasteiger partial charge in [-0.05, 0) is 72.5 Å². The van der Waals surface area contributed by atoms with Gasteiger partial charge in [0.2, 0.25) is 0 Å². The summed E-state index contributed by atoms with van der Waals surface area (Å²) < 4.78 is 0. The van der Waals surface area contributed by atoms with Gasteiger partial charge >= 0.3 is 0 Å². The monoisotopic (exact) mass is 258 g/mol. The van der Waals surface area contributed by atoms with Crippen molar-refractivity contribution in [1.82, 2.24) is 0 Å². The number of rotatable bonds is 0. The van der Waals surface area contributed by atoms with Crippen molar-refractivity contribution in [3.8, 4) is 0 Å². The molecule has 0 saturated heterocycles. The van der Waals surface area contributed by atoms with E-state index in [1.165, 1.54) is 19.3 Å². The molecule has 4 fully saturated rings. The van der Waals surface area contributed by atoms with Gasteiger partial charge in [-0.25, -0.2) is 0 Å². The van der Waals surface area contributed by atoms with Crippen molar-refractivity contribution in [2.24, 2.45) is 46.8 Å². The normalized spacial score (nSPS) is 59.6. The predicted octanol–water partition coefficient (Wildman–Crippen LogP) is 5.30. The number of fused-ring (bicyclic) bond motifs is 12. The molecule has 0 aromatic rings. The summed E-state index contributed by atoms with van der Waals surface area (Å²) in [5, 5.41) is 0. The molecular weight excluding hydrogens is 228 g/mol. The van der Waals surface area contributed by atoms with Crippen molar-refractivity contribution in [1.29, 1.82) is 0 Å². The highest BCUT2D eigenvalue weighted by Crippen LogP contribution is 2.75. The average molecular weight is 258 g/mol. The van der Waals surface area contributed by atoms with Crippen molar-refractivity contribution < 1.29 is 0 Å². The van der Waals surface area contributed by atoms with E-state index in [1.54, 1.807) is 19.3 Å². The zero-order valence-corrected chi connectivity index (χ0v) is 12.9. The minimum atomic E-state index is 0.755. The summed E-state index contributed by atoms with van der Waals surface area (Å²) in [6.07, 6.45) is 14.5. The molecule has 8 atom stereocenters. The Labute approximate surface area is 119 Å². The van der Waals surface area contributed by atoms with E-state index >= 15 is 0 Å². The topological polar surface area (TPSA) is 0 Å². The van der Waals surface area contributed by atoms with Crippen molar-refractivity contribution in [2.45, 2.75) is 59.3 Å². The minimum absolute atomic E-state index is 0.755. The highest BCUT2D eigenvalue weighted by Gasteiger charge is 2.69. The molecule has 5 rings (SSSR count). The second-order valence-electron chi connectivity index (χ2n) is 7.98. The maximum atomic E-state index is 2.69. The quantitative estimate of drug-likeness (QED) is 0.409. The summed E-state index contributed by atoms with van der Waals surface area (Å²) in [5.74, 6) is 7.60. The zero-order chi connectivity index (χ0) is 13.2. The third kappa shape index (κ3) is 1.37. The smallest absolute Gasteiger partial charge is 0.0191 e. The lowest BCUT2D eigenvalue weighted by Gasteiger charge is -2.49. The summed E-state index contributed by atoms with van der Waals surface area (Å²) in [6.45, 7) is 6.69. The Morgan fingerprint density at radius 3 is 2.53 bits per heavy atom. The Balaban J connectivity index is 0.000000465. The molecule has 106 valence electrons. The third-order valence-electron chi connectivity index (χ3n) is 7.67. The van der Waals surface area contributed by atoms with E-state index in [-0.39, 0.29) is 0 Å². The second kappa shape index (κ2) is 4.12. The van der Waals surface area contributed by atoms with Crippen LogP contribution in [-0.2, 0) is 0 Å². The van der Waals surface area contributed by atoms with Crippen LogP contribution < -0.4 is 0 Å². The Bertz CT molecular complexity index is 395. The molecule has 0 aromatic heterocycles. The molecule has 8 unspecified atom stereocenters. The lowest BCUT2D eigenvalue weighted by Crippen LogP contribution is -2.43. The molecule has 0 aromatic carbocycles. The molecule has 19 heavy (non-hydrogen) atoms. The summed E-state index contributed by atoms with van der Waals surface area (Å²) in [6, 6.07) is 0. The van der Waals surface area contributed by atoms with Gasteiger partial charge in [-0.1, -0.05) is 45.8 Å². The molecule has 0 radical (unpaired) electrons. The molecule has 4 bridgehead atoms. The van der Waals surface area contributed by atoms with Crippen LogP contribution in [-0.4, -0.2) is 0 Å². The standard InChI is InChI=1S/C17H24.C2H6/c1-17-9-13(12-4-2-3-5-14(12)17)15-10-6-7-11(8-10)16(15)17;1-2/h6-7,10-16H,2-5,8-9H2,1H3;1-2H3. The molecule has 4 saturated carbocycles. The van der Waals surface area contributed by atoms with Crippen LogP contribution in [0.5, 0.6) is 0 Å². The van der Waals surface area contributed by atoms with Gasteiger partial charge in [0.15, 0.2) is 0 Å². The first-order valence-corrected chi connectivity index (χ1v) is 8.97. The van der Waals surface area contributed by atoms with E-state index in [1.807, 2.05) is 13.8 Å². The lowest BCUT2D eigenvalue weighted by atomic mass is 9.55. The van der Waals surface area contributed by atoms with Crippen molar-refractivity contribution in [3.63, 3.8) is 0 Å². The molecular formula is C19H30. The van der Waals surface area contributed by atoms with Gasteiger partial charge in [-0.2, -0.15) is 0 Å². The van der Waals surface area contributed by atoms with E-state index in [2.05, 4.69) is 19.1 Å². The molecule has 0 heteroatoms. The Kier molecular flexibility index (Phi) is 2.71.